The van der Waals surface area contributed by atoms with Gasteiger partial charge in [0.2, 0.25) is 11.9 Å². The molecule has 1 aromatic carbocycles. The summed E-state index contributed by atoms with van der Waals surface area (Å²) in [7, 11) is 1.92. The molecule has 3 heterocycles. The Morgan fingerprint density at radius 3 is 2.38 bits per heavy atom. The minimum atomic E-state index is -0.669. The van der Waals surface area contributed by atoms with Gasteiger partial charge in [0.25, 0.3) is 5.56 Å². The monoisotopic (exact) mass is 550 g/mol. The maximum Gasteiger partial charge on any atom is 0.312 e. The van der Waals surface area contributed by atoms with E-state index >= 15 is 0 Å². The molecule has 0 spiro atoms. The highest BCUT2D eigenvalue weighted by Gasteiger charge is 2.28. The van der Waals surface area contributed by atoms with Crippen molar-refractivity contribution in [3.63, 3.8) is 0 Å². The fraction of sp³-hybridized carbons (Fsp3) is 0.467. The minimum absolute atomic E-state index is 0.130. The van der Waals surface area contributed by atoms with Gasteiger partial charge in [-0.15, -0.1) is 0 Å². The molecule has 40 heavy (non-hydrogen) atoms. The van der Waals surface area contributed by atoms with Crippen LogP contribution in [0.4, 0.5) is 16.3 Å². The molecule has 0 N–H and O–H groups in total. The van der Waals surface area contributed by atoms with Gasteiger partial charge in [0, 0.05) is 38.4 Å². The number of anilines is 2. The van der Waals surface area contributed by atoms with Gasteiger partial charge < -0.3 is 19.1 Å². The quantitative estimate of drug-likeness (QED) is 0.418. The third-order valence-electron chi connectivity index (χ3n) is 7.28. The van der Waals surface area contributed by atoms with Crippen molar-refractivity contribution in [1.82, 2.24) is 19.1 Å². The summed E-state index contributed by atoms with van der Waals surface area (Å²) < 4.78 is 22.5. The Labute approximate surface area is 234 Å². The molecule has 1 saturated heterocycles. The molecule has 214 valence electrons. The third-order valence-corrected chi connectivity index (χ3v) is 7.28. The highest BCUT2D eigenvalue weighted by atomic mass is 19.1. The number of aromatic nitrogens is 4. The number of hydrogen-bond acceptors (Lipinski definition) is 7. The average molecular weight is 551 g/mol. The number of rotatable bonds is 7. The van der Waals surface area contributed by atoms with Gasteiger partial charge in [-0.3, -0.25) is 9.59 Å². The summed E-state index contributed by atoms with van der Waals surface area (Å²) in [4.78, 5) is 38.7. The lowest BCUT2D eigenvalue weighted by atomic mass is 9.98. The van der Waals surface area contributed by atoms with Crippen molar-refractivity contribution in [2.75, 3.05) is 29.9 Å². The Kier molecular flexibility index (Phi) is 8.76. The zero-order valence-corrected chi connectivity index (χ0v) is 24.2. The van der Waals surface area contributed by atoms with Crippen molar-refractivity contribution in [1.29, 1.82) is 0 Å². The topological polar surface area (TPSA) is 85.5 Å². The second-order valence-corrected chi connectivity index (χ2v) is 11.1. The highest BCUT2D eigenvalue weighted by Crippen LogP contribution is 2.23. The Morgan fingerprint density at radius 1 is 1.10 bits per heavy atom. The third kappa shape index (κ3) is 6.26. The van der Waals surface area contributed by atoms with Gasteiger partial charge in [-0.25, -0.2) is 18.9 Å². The number of esters is 1. The van der Waals surface area contributed by atoms with Crippen molar-refractivity contribution in [3.05, 3.63) is 69.0 Å². The van der Waals surface area contributed by atoms with Gasteiger partial charge >= 0.3 is 5.97 Å². The average Bonchev–Trinajstić information content (AvgIpc) is 3.29. The van der Waals surface area contributed by atoms with Crippen LogP contribution in [0.5, 0.6) is 0 Å². The van der Waals surface area contributed by atoms with E-state index in [0.29, 0.717) is 12.5 Å². The molecule has 0 unspecified atom stereocenters. The first-order chi connectivity index (χ1) is 19.0. The number of ether oxygens (including phenoxy) is 1. The molecule has 0 atom stereocenters. The van der Waals surface area contributed by atoms with Crippen LogP contribution in [-0.4, -0.2) is 51.3 Å². The van der Waals surface area contributed by atoms with Gasteiger partial charge in [0.1, 0.15) is 5.82 Å². The highest BCUT2D eigenvalue weighted by molar-refractivity contribution is 5.75. The van der Waals surface area contributed by atoms with Crippen LogP contribution >= 0.6 is 0 Å². The van der Waals surface area contributed by atoms with E-state index in [2.05, 4.69) is 20.5 Å². The SMILES string of the molecule is C/C=c1/nc(N2CCC(N(C)c3nccc(=O)n3COC(=O)C(C)(C)C)CC2)n(Cc2ccc(F)cc2)/c1=C/C. The molecule has 2 aromatic heterocycles. The number of halogens is 1. The molecule has 3 aromatic rings. The van der Waals surface area contributed by atoms with Crippen molar-refractivity contribution >= 4 is 30.0 Å². The van der Waals surface area contributed by atoms with Crippen molar-refractivity contribution in [2.24, 2.45) is 5.41 Å². The van der Waals surface area contributed by atoms with Gasteiger partial charge in [0.15, 0.2) is 6.73 Å². The van der Waals surface area contributed by atoms with Crippen LogP contribution in [-0.2, 0) is 22.8 Å². The Balaban J connectivity index is 1.53. The van der Waals surface area contributed by atoms with Gasteiger partial charge in [-0.1, -0.05) is 24.3 Å². The number of carbonyl (C=O) groups is 1. The number of carbonyl (C=O) groups excluding carboxylic acids is 1. The summed E-state index contributed by atoms with van der Waals surface area (Å²) in [5, 5.41) is 1.95. The summed E-state index contributed by atoms with van der Waals surface area (Å²) in [6.45, 7) is 11.2. The molecule has 4 rings (SSSR count). The lowest BCUT2D eigenvalue weighted by Crippen LogP contribution is -2.46. The molecular weight excluding hydrogens is 511 g/mol. The fourth-order valence-corrected chi connectivity index (χ4v) is 4.94. The van der Waals surface area contributed by atoms with Gasteiger partial charge in [-0.05, 0) is 65.2 Å². The van der Waals surface area contributed by atoms with Crippen LogP contribution in [0.2, 0.25) is 0 Å². The largest absolute Gasteiger partial charge is 0.443 e. The molecule has 10 heteroatoms. The van der Waals surface area contributed by atoms with Crippen LogP contribution in [0.25, 0.3) is 12.2 Å². The second-order valence-electron chi connectivity index (χ2n) is 11.1. The fourth-order valence-electron chi connectivity index (χ4n) is 4.94. The van der Waals surface area contributed by atoms with Gasteiger partial charge in [-0.2, -0.15) is 0 Å². The molecule has 0 radical (unpaired) electrons. The number of hydrogen-bond donors (Lipinski definition) is 0. The second kappa shape index (κ2) is 12.1. The van der Waals surface area contributed by atoms with E-state index in [1.54, 1.807) is 32.9 Å². The van der Waals surface area contributed by atoms with Gasteiger partial charge in [0.05, 0.1) is 22.7 Å². The van der Waals surface area contributed by atoms with Crippen LogP contribution < -0.4 is 26.1 Å². The summed E-state index contributed by atoms with van der Waals surface area (Å²) in [5.74, 6) is 0.719. The lowest BCUT2D eigenvalue weighted by molar-refractivity contribution is -0.157. The summed E-state index contributed by atoms with van der Waals surface area (Å²) in [6.07, 6.45) is 7.20. The van der Waals surface area contributed by atoms with Crippen LogP contribution in [0.3, 0.4) is 0 Å². The maximum absolute atomic E-state index is 13.5. The smallest absolute Gasteiger partial charge is 0.312 e. The zero-order valence-electron chi connectivity index (χ0n) is 24.2. The van der Waals surface area contributed by atoms with E-state index in [1.807, 2.05) is 31.9 Å². The van der Waals surface area contributed by atoms with E-state index in [1.165, 1.54) is 29.0 Å². The van der Waals surface area contributed by atoms with E-state index in [9.17, 15) is 14.0 Å². The lowest BCUT2D eigenvalue weighted by Gasteiger charge is -2.38. The van der Waals surface area contributed by atoms with E-state index in [4.69, 9.17) is 9.72 Å². The van der Waals surface area contributed by atoms with E-state index in [0.717, 1.165) is 48.1 Å². The number of piperidine rings is 1. The molecule has 0 bridgehead atoms. The van der Waals surface area contributed by atoms with Crippen LogP contribution in [0.15, 0.2) is 41.3 Å². The predicted octanol–water partition coefficient (Wildman–Crippen LogP) is 2.88. The van der Waals surface area contributed by atoms with Crippen molar-refractivity contribution in [2.45, 2.75) is 66.8 Å². The number of benzene rings is 1. The number of imidazole rings is 1. The molecule has 9 nitrogen and oxygen atoms in total. The molecule has 0 amide bonds. The Morgan fingerprint density at radius 2 is 1.77 bits per heavy atom. The molecular formula is C30H39FN6O3. The van der Waals surface area contributed by atoms with E-state index < -0.39 is 5.41 Å². The predicted molar refractivity (Wildman–Crippen MR) is 155 cm³/mol. The van der Waals surface area contributed by atoms with Crippen LogP contribution in [0.1, 0.15) is 53.0 Å². The van der Waals surface area contributed by atoms with Crippen molar-refractivity contribution in [3.8, 4) is 0 Å². The number of nitrogens with zero attached hydrogens (tertiary/aromatic N) is 6. The normalized spacial score (nSPS) is 15.5. The first kappa shape index (κ1) is 29.0. The first-order valence-electron chi connectivity index (χ1n) is 13.7. The maximum atomic E-state index is 13.5. The van der Waals surface area contributed by atoms with E-state index in [-0.39, 0.29) is 30.1 Å². The molecule has 1 fully saturated rings. The summed E-state index contributed by atoms with van der Waals surface area (Å²) >= 11 is 0. The molecule has 0 saturated carbocycles. The first-order valence-corrected chi connectivity index (χ1v) is 13.7. The minimum Gasteiger partial charge on any atom is -0.443 e. The standard InChI is InChI=1S/C30H39FN6O3/c1-7-24-25(8-2)36(19-21-9-11-22(31)12-10-21)29(33-24)35-17-14-23(15-18-35)34(6)28-32-16-13-26(38)37(28)20-40-27(39)30(3,4)5/h7-13,16,23H,14-15,17-20H2,1-6H3/b24-7+,25-8+. The zero-order chi connectivity index (χ0) is 29.0. The molecule has 1 aliphatic heterocycles. The van der Waals surface area contributed by atoms with Crippen molar-refractivity contribution < 1.29 is 13.9 Å². The summed E-state index contributed by atoms with van der Waals surface area (Å²) in [6, 6.07) is 8.08. The summed E-state index contributed by atoms with van der Waals surface area (Å²) in [5.41, 5.74) is 0.0592. The Bertz CT molecular complexity index is 1510. The Hall–Kier alpha value is -3.95. The van der Waals surface area contributed by atoms with Crippen LogP contribution in [0, 0.1) is 11.2 Å². The molecule has 1 aliphatic rings. The molecule has 0 aliphatic carbocycles.